The van der Waals surface area contributed by atoms with Gasteiger partial charge in [0.1, 0.15) is 12.6 Å². The number of carbonyl (C=O) groups excluding carboxylic acids is 2. The molecule has 0 atom stereocenters. The molecule has 0 saturated heterocycles. The second-order valence-corrected chi connectivity index (χ2v) is 7.40. The van der Waals surface area contributed by atoms with Gasteiger partial charge in [-0.05, 0) is 50.9 Å². The number of nitrogens with one attached hydrogen (secondary N) is 1. The topological polar surface area (TPSA) is 177 Å². The molecule has 34 heavy (non-hydrogen) atoms. The van der Waals surface area contributed by atoms with Gasteiger partial charge in [0, 0.05) is 36.8 Å². The molecule has 0 unspecified atom stereocenters. The first-order chi connectivity index (χ1) is 16.1. The number of rotatable bonds is 17. The first-order valence-corrected chi connectivity index (χ1v) is 10.7. The molecule has 0 aliphatic carbocycles. The number of carboxylic acids is 3. The maximum atomic E-state index is 10.6. The van der Waals surface area contributed by atoms with E-state index in [-0.39, 0.29) is 38.5 Å². The molecule has 0 amide bonds. The highest BCUT2D eigenvalue weighted by molar-refractivity contribution is 5.76. The van der Waals surface area contributed by atoms with Crippen LogP contribution in [-0.4, -0.2) is 72.1 Å². The second-order valence-electron chi connectivity index (χ2n) is 7.40. The standard InChI is InChI=1S/C12H14O4.C11H19NO6/c1-15-12-8-10(9-14)4-5-11(12)16-7-3-2-6-13;1-12-11(5-2-8(13)14,6-3-9(15)16)7-4-10(17)18/h4-6,8-9H,2-3,7H2,1H3;12H,2-7H2,1H3,(H,13,14)(H,15,16)(H,17,18). The number of unbranched alkanes of at least 4 members (excludes halogenated alkanes) is 1. The van der Waals surface area contributed by atoms with Crippen molar-refractivity contribution in [3.05, 3.63) is 23.8 Å². The summed E-state index contributed by atoms with van der Waals surface area (Å²) in [6, 6.07) is 4.95. The summed E-state index contributed by atoms with van der Waals surface area (Å²) in [4.78, 5) is 52.4. The summed E-state index contributed by atoms with van der Waals surface area (Å²) in [5.41, 5.74) is -0.216. The van der Waals surface area contributed by atoms with Crippen LogP contribution in [0.5, 0.6) is 11.5 Å². The molecule has 0 spiro atoms. The molecule has 11 heteroatoms. The van der Waals surface area contributed by atoms with Gasteiger partial charge in [-0.1, -0.05) is 0 Å². The molecular formula is C23H33NO10. The van der Waals surface area contributed by atoms with Gasteiger partial charge >= 0.3 is 17.9 Å². The van der Waals surface area contributed by atoms with Crippen LogP contribution in [0.1, 0.15) is 61.7 Å². The fraction of sp³-hybridized carbons (Fsp3) is 0.522. The lowest BCUT2D eigenvalue weighted by atomic mass is 9.84. The van der Waals surface area contributed by atoms with Crippen LogP contribution in [0.15, 0.2) is 18.2 Å². The van der Waals surface area contributed by atoms with E-state index < -0.39 is 23.4 Å². The summed E-state index contributed by atoms with van der Waals surface area (Å²) in [7, 11) is 3.10. The summed E-state index contributed by atoms with van der Waals surface area (Å²) in [6.45, 7) is 0.454. The molecule has 190 valence electrons. The molecule has 1 rings (SSSR count). The molecule has 1 aromatic carbocycles. The molecule has 0 heterocycles. The Labute approximate surface area is 198 Å². The molecule has 0 aliphatic heterocycles. The van der Waals surface area contributed by atoms with E-state index in [4.69, 9.17) is 24.8 Å². The maximum absolute atomic E-state index is 10.6. The van der Waals surface area contributed by atoms with E-state index in [9.17, 15) is 24.0 Å². The number of hydrogen-bond donors (Lipinski definition) is 4. The summed E-state index contributed by atoms with van der Waals surface area (Å²) in [5.74, 6) is -1.85. The number of ether oxygens (including phenoxy) is 2. The molecule has 0 bridgehead atoms. The Balaban J connectivity index is 0.000000644. The largest absolute Gasteiger partial charge is 0.493 e. The number of carboxylic acid groups (broad SMARTS) is 3. The molecule has 1 aromatic rings. The van der Waals surface area contributed by atoms with Crippen molar-refractivity contribution in [2.45, 2.75) is 56.9 Å². The van der Waals surface area contributed by atoms with Gasteiger partial charge in [-0.15, -0.1) is 0 Å². The van der Waals surface area contributed by atoms with Crippen molar-refractivity contribution in [2.24, 2.45) is 0 Å². The Morgan fingerprint density at radius 2 is 1.47 bits per heavy atom. The van der Waals surface area contributed by atoms with Crippen LogP contribution in [0, 0.1) is 0 Å². The average Bonchev–Trinajstić information content (AvgIpc) is 2.82. The van der Waals surface area contributed by atoms with Crippen molar-refractivity contribution in [1.29, 1.82) is 0 Å². The summed E-state index contributed by atoms with van der Waals surface area (Å²) in [5, 5.41) is 28.9. The Hall–Kier alpha value is -3.47. The Morgan fingerprint density at radius 1 is 0.941 bits per heavy atom. The molecule has 11 nitrogen and oxygen atoms in total. The SMILES string of the molecule is CNC(CCC(=O)O)(CCC(=O)O)CCC(=O)O.COc1cc(C=O)ccc1OCCCC=O. The third-order valence-electron chi connectivity index (χ3n) is 5.03. The van der Waals surface area contributed by atoms with Crippen molar-refractivity contribution in [3.63, 3.8) is 0 Å². The molecule has 0 saturated carbocycles. The molecule has 0 radical (unpaired) electrons. The lowest BCUT2D eigenvalue weighted by Crippen LogP contribution is -2.44. The van der Waals surface area contributed by atoms with Crippen molar-refractivity contribution >= 4 is 30.5 Å². The minimum atomic E-state index is -0.986. The molecule has 4 N–H and O–H groups in total. The number of benzene rings is 1. The summed E-state index contributed by atoms with van der Waals surface area (Å²) < 4.78 is 10.5. The summed E-state index contributed by atoms with van der Waals surface area (Å²) in [6.07, 6.45) is 3.00. The molecule has 0 aromatic heterocycles. The number of carbonyl (C=O) groups is 5. The molecular weight excluding hydrogens is 450 g/mol. The maximum Gasteiger partial charge on any atom is 0.303 e. The van der Waals surface area contributed by atoms with Gasteiger partial charge in [-0.25, -0.2) is 0 Å². The fourth-order valence-electron chi connectivity index (χ4n) is 3.01. The fourth-order valence-corrected chi connectivity index (χ4v) is 3.01. The van der Waals surface area contributed by atoms with Gasteiger partial charge in [0.05, 0.1) is 13.7 Å². The van der Waals surface area contributed by atoms with Crippen LogP contribution >= 0.6 is 0 Å². The van der Waals surface area contributed by atoms with Gasteiger partial charge in [0.25, 0.3) is 0 Å². The van der Waals surface area contributed by atoms with Crippen molar-refractivity contribution in [3.8, 4) is 11.5 Å². The van der Waals surface area contributed by atoms with Gasteiger partial charge < -0.3 is 34.9 Å². The van der Waals surface area contributed by atoms with Gasteiger partial charge in [0.2, 0.25) is 0 Å². The number of aldehydes is 2. The van der Waals surface area contributed by atoms with Crippen LogP contribution in [0.3, 0.4) is 0 Å². The zero-order chi connectivity index (χ0) is 26.0. The zero-order valence-corrected chi connectivity index (χ0v) is 19.5. The number of methoxy groups -OCH3 is 1. The Morgan fingerprint density at radius 3 is 1.85 bits per heavy atom. The zero-order valence-electron chi connectivity index (χ0n) is 19.5. The monoisotopic (exact) mass is 483 g/mol. The van der Waals surface area contributed by atoms with Crippen LogP contribution in [0.2, 0.25) is 0 Å². The van der Waals surface area contributed by atoms with Crippen molar-refractivity contribution < 1.29 is 48.8 Å². The van der Waals surface area contributed by atoms with Crippen LogP contribution in [0.4, 0.5) is 0 Å². The van der Waals surface area contributed by atoms with Gasteiger partial charge in [0.15, 0.2) is 11.5 Å². The van der Waals surface area contributed by atoms with Gasteiger partial charge in [-0.2, -0.15) is 0 Å². The first kappa shape index (κ1) is 30.5. The lowest BCUT2D eigenvalue weighted by molar-refractivity contribution is -0.137. The van der Waals surface area contributed by atoms with E-state index in [0.29, 0.717) is 36.5 Å². The lowest BCUT2D eigenvalue weighted by Gasteiger charge is -2.32. The highest BCUT2D eigenvalue weighted by atomic mass is 16.5. The van der Waals surface area contributed by atoms with E-state index >= 15 is 0 Å². The van der Waals surface area contributed by atoms with Crippen LogP contribution in [0.25, 0.3) is 0 Å². The van der Waals surface area contributed by atoms with Crippen molar-refractivity contribution in [1.82, 2.24) is 5.32 Å². The minimum Gasteiger partial charge on any atom is -0.493 e. The van der Waals surface area contributed by atoms with Crippen LogP contribution < -0.4 is 14.8 Å². The van der Waals surface area contributed by atoms with E-state index in [1.54, 1.807) is 25.2 Å². The first-order valence-electron chi connectivity index (χ1n) is 10.7. The predicted octanol–water partition coefficient (Wildman–Crippen LogP) is 2.40. The average molecular weight is 484 g/mol. The molecule has 0 aliphatic rings. The Bertz CT molecular complexity index is 763. The highest BCUT2D eigenvalue weighted by Crippen LogP contribution is 2.27. The highest BCUT2D eigenvalue weighted by Gasteiger charge is 2.30. The van der Waals surface area contributed by atoms with Crippen LogP contribution in [-0.2, 0) is 19.2 Å². The normalized spacial score (nSPS) is 10.4. The number of hydrogen-bond acceptors (Lipinski definition) is 8. The summed E-state index contributed by atoms with van der Waals surface area (Å²) >= 11 is 0. The predicted molar refractivity (Wildman–Crippen MR) is 122 cm³/mol. The minimum absolute atomic E-state index is 0.125. The quantitative estimate of drug-likeness (QED) is 0.189. The number of aliphatic carboxylic acids is 3. The van der Waals surface area contributed by atoms with E-state index in [1.165, 1.54) is 7.11 Å². The smallest absolute Gasteiger partial charge is 0.303 e. The van der Waals surface area contributed by atoms with E-state index in [2.05, 4.69) is 5.32 Å². The van der Waals surface area contributed by atoms with Crippen molar-refractivity contribution in [2.75, 3.05) is 20.8 Å². The second kappa shape index (κ2) is 17.1. The van der Waals surface area contributed by atoms with E-state index in [1.807, 2.05) is 0 Å². The third-order valence-corrected chi connectivity index (χ3v) is 5.03. The molecule has 0 fully saturated rings. The van der Waals surface area contributed by atoms with Gasteiger partial charge in [-0.3, -0.25) is 19.2 Å². The Kier molecular flexibility index (Phi) is 15.3. The van der Waals surface area contributed by atoms with E-state index in [0.717, 1.165) is 12.6 Å². The third kappa shape index (κ3) is 13.2.